The Morgan fingerprint density at radius 1 is 1.12 bits per heavy atom. The first kappa shape index (κ1) is 19.0. The minimum atomic E-state index is -0.796. The Kier molecular flexibility index (Phi) is 6.98. The van der Waals surface area contributed by atoms with Gasteiger partial charge in [-0.05, 0) is 37.4 Å². The van der Waals surface area contributed by atoms with Crippen LogP contribution in [0.4, 0.5) is 0 Å². The zero-order valence-corrected chi connectivity index (χ0v) is 15.0. The molecule has 0 bridgehead atoms. The van der Waals surface area contributed by atoms with Crippen molar-refractivity contribution in [3.05, 3.63) is 65.7 Å². The lowest BCUT2D eigenvalue weighted by Crippen LogP contribution is -2.35. The molecule has 0 heterocycles. The lowest BCUT2D eigenvalue weighted by Gasteiger charge is -2.25. The number of aliphatic hydroxyl groups excluding tert-OH is 1. The number of amides is 1. The first-order valence-corrected chi connectivity index (χ1v) is 8.31. The van der Waals surface area contributed by atoms with E-state index in [1.807, 2.05) is 73.6 Å². The van der Waals surface area contributed by atoms with Crippen molar-refractivity contribution in [1.29, 1.82) is 0 Å². The van der Waals surface area contributed by atoms with Crippen LogP contribution >= 0.6 is 0 Å². The van der Waals surface area contributed by atoms with Crippen molar-refractivity contribution in [3.63, 3.8) is 0 Å². The molecule has 0 saturated carbocycles. The van der Waals surface area contributed by atoms with Crippen LogP contribution in [0.25, 0.3) is 0 Å². The fourth-order valence-corrected chi connectivity index (χ4v) is 2.70. The van der Waals surface area contributed by atoms with E-state index in [2.05, 4.69) is 5.32 Å². The Hall–Kier alpha value is -2.37. The summed E-state index contributed by atoms with van der Waals surface area (Å²) in [5.74, 6) is 0.612. The molecule has 5 nitrogen and oxygen atoms in total. The number of ether oxygens (including phenoxy) is 1. The summed E-state index contributed by atoms with van der Waals surface area (Å²) in [5.41, 5.74) is 1.81. The molecule has 2 atom stereocenters. The van der Waals surface area contributed by atoms with E-state index in [0.29, 0.717) is 6.54 Å². The number of nitrogens with one attached hydrogen (secondary N) is 1. The molecule has 0 aliphatic carbocycles. The van der Waals surface area contributed by atoms with Crippen LogP contribution in [0, 0.1) is 0 Å². The zero-order chi connectivity index (χ0) is 18.2. The summed E-state index contributed by atoms with van der Waals surface area (Å²) in [7, 11) is 5.57. The molecule has 0 aliphatic heterocycles. The molecule has 2 unspecified atom stereocenters. The standard InChI is InChI=1S/C20H26N2O3/c1-22(2)18(16-10-7-11-17(12-16)25-3)14-21-20(24)13-19(23)15-8-5-4-6-9-15/h4-12,18-19,23H,13-14H2,1-3H3,(H,21,24). The van der Waals surface area contributed by atoms with Gasteiger partial charge in [-0.1, -0.05) is 42.5 Å². The molecule has 0 saturated heterocycles. The predicted molar refractivity (Wildman–Crippen MR) is 98.5 cm³/mol. The second-order valence-corrected chi connectivity index (χ2v) is 6.19. The van der Waals surface area contributed by atoms with Crippen LogP contribution < -0.4 is 10.1 Å². The second kappa shape index (κ2) is 9.20. The highest BCUT2D eigenvalue weighted by atomic mass is 16.5. The zero-order valence-electron chi connectivity index (χ0n) is 15.0. The number of likely N-dealkylation sites (N-methyl/N-ethyl adjacent to an activating group) is 1. The smallest absolute Gasteiger partial charge is 0.223 e. The molecule has 0 aliphatic rings. The van der Waals surface area contributed by atoms with Gasteiger partial charge in [0.1, 0.15) is 5.75 Å². The number of methoxy groups -OCH3 is 1. The van der Waals surface area contributed by atoms with Crippen LogP contribution in [0.15, 0.2) is 54.6 Å². The van der Waals surface area contributed by atoms with Crippen molar-refractivity contribution < 1.29 is 14.6 Å². The molecule has 0 radical (unpaired) electrons. The summed E-state index contributed by atoms with van der Waals surface area (Å²) in [6, 6.07) is 17.0. The second-order valence-electron chi connectivity index (χ2n) is 6.19. The van der Waals surface area contributed by atoms with E-state index in [0.717, 1.165) is 16.9 Å². The molecular formula is C20H26N2O3. The summed E-state index contributed by atoms with van der Waals surface area (Å²) in [6.45, 7) is 0.459. The van der Waals surface area contributed by atoms with Crippen LogP contribution in [0.2, 0.25) is 0 Å². The van der Waals surface area contributed by atoms with Gasteiger partial charge in [-0.3, -0.25) is 4.79 Å². The first-order valence-electron chi connectivity index (χ1n) is 8.31. The Bertz CT molecular complexity index is 674. The van der Waals surface area contributed by atoms with Gasteiger partial charge in [-0.2, -0.15) is 0 Å². The molecule has 1 amide bonds. The molecule has 0 spiro atoms. The fourth-order valence-electron chi connectivity index (χ4n) is 2.70. The van der Waals surface area contributed by atoms with E-state index < -0.39 is 6.10 Å². The van der Waals surface area contributed by atoms with Crippen molar-refractivity contribution in [2.45, 2.75) is 18.6 Å². The maximum atomic E-state index is 12.2. The number of nitrogens with zero attached hydrogens (tertiary/aromatic N) is 1. The SMILES string of the molecule is COc1cccc(C(CNC(=O)CC(O)c2ccccc2)N(C)C)c1. The lowest BCUT2D eigenvalue weighted by molar-refractivity contribution is -0.123. The molecule has 2 N–H and O–H groups in total. The van der Waals surface area contributed by atoms with Crippen LogP contribution in [0.5, 0.6) is 5.75 Å². The molecule has 0 aromatic heterocycles. The van der Waals surface area contributed by atoms with Crippen molar-refractivity contribution in [2.24, 2.45) is 0 Å². The summed E-state index contributed by atoms with van der Waals surface area (Å²) in [4.78, 5) is 14.2. The molecule has 0 fully saturated rings. The van der Waals surface area contributed by atoms with Gasteiger partial charge >= 0.3 is 0 Å². The van der Waals surface area contributed by atoms with Crippen molar-refractivity contribution in [1.82, 2.24) is 10.2 Å². The summed E-state index contributed by atoms with van der Waals surface area (Å²) >= 11 is 0. The first-order chi connectivity index (χ1) is 12.0. The van der Waals surface area contributed by atoms with Gasteiger partial charge in [0.2, 0.25) is 5.91 Å². The molecular weight excluding hydrogens is 316 g/mol. The van der Waals surface area contributed by atoms with Gasteiger partial charge in [-0.15, -0.1) is 0 Å². The Labute approximate surface area is 149 Å². The molecule has 2 aromatic carbocycles. The van der Waals surface area contributed by atoms with Crippen molar-refractivity contribution in [2.75, 3.05) is 27.7 Å². The minimum Gasteiger partial charge on any atom is -0.497 e. The number of rotatable bonds is 8. The topological polar surface area (TPSA) is 61.8 Å². The normalized spacial score (nSPS) is 13.3. The molecule has 5 heteroatoms. The highest BCUT2D eigenvalue weighted by Gasteiger charge is 2.18. The maximum absolute atomic E-state index is 12.2. The maximum Gasteiger partial charge on any atom is 0.223 e. The quantitative estimate of drug-likeness (QED) is 0.774. The summed E-state index contributed by atoms with van der Waals surface area (Å²) in [6.07, 6.45) is -0.752. The highest BCUT2D eigenvalue weighted by molar-refractivity contribution is 5.76. The van der Waals surface area contributed by atoms with E-state index in [-0.39, 0.29) is 18.4 Å². The number of carbonyl (C=O) groups is 1. The minimum absolute atomic E-state index is 0.0212. The van der Waals surface area contributed by atoms with Crippen LogP contribution in [0.3, 0.4) is 0 Å². The summed E-state index contributed by atoms with van der Waals surface area (Å²) < 4.78 is 5.27. The van der Waals surface area contributed by atoms with Gasteiger partial charge in [0.05, 0.1) is 25.7 Å². The number of hydrogen-bond donors (Lipinski definition) is 2. The third kappa shape index (κ3) is 5.59. The Balaban J connectivity index is 1.95. The van der Waals surface area contributed by atoms with Gasteiger partial charge < -0.3 is 20.1 Å². The van der Waals surface area contributed by atoms with Crippen LogP contribution in [-0.2, 0) is 4.79 Å². The van der Waals surface area contributed by atoms with Gasteiger partial charge in [0.15, 0.2) is 0 Å². The van der Waals surface area contributed by atoms with Crippen LogP contribution in [0.1, 0.15) is 29.7 Å². The third-order valence-corrected chi connectivity index (χ3v) is 4.16. The van der Waals surface area contributed by atoms with Crippen molar-refractivity contribution in [3.8, 4) is 5.75 Å². The largest absolute Gasteiger partial charge is 0.497 e. The fraction of sp³-hybridized carbons (Fsp3) is 0.350. The van der Waals surface area contributed by atoms with Gasteiger partial charge in [-0.25, -0.2) is 0 Å². The summed E-state index contributed by atoms with van der Waals surface area (Å²) in [5, 5.41) is 13.1. The van der Waals surface area contributed by atoms with Crippen molar-refractivity contribution >= 4 is 5.91 Å². The monoisotopic (exact) mass is 342 g/mol. The lowest BCUT2D eigenvalue weighted by atomic mass is 10.0. The molecule has 2 aromatic rings. The van der Waals surface area contributed by atoms with E-state index in [1.165, 1.54) is 0 Å². The molecule has 2 rings (SSSR count). The average Bonchev–Trinajstić information content (AvgIpc) is 2.62. The predicted octanol–water partition coefficient (Wildman–Crippen LogP) is 2.54. The number of carbonyl (C=O) groups excluding carboxylic acids is 1. The van der Waals surface area contributed by atoms with E-state index in [9.17, 15) is 9.90 Å². The van der Waals surface area contributed by atoms with E-state index in [4.69, 9.17) is 4.74 Å². The number of hydrogen-bond acceptors (Lipinski definition) is 4. The molecule has 25 heavy (non-hydrogen) atoms. The Morgan fingerprint density at radius 3 is 2.44 bits per heavy atom. The third-order valence-electron chi connectivity index (χ3n) is 4.16. The number of aliphatic hydroxyl groups is 1. The molecule has 134 valence electrons. The van der Waals surface area contributed by atoms with Gasteiger partial charge in [0, 0.05) is 6.54 Å². The van der Waals surface area contributed by atoms with E-state index in [1.54, 1.807) is 7.11 Å². The average molecular weight is 342 g/mol. The van der Waals surface area contributed by atoms with Gasteiger partial charge in [0.25, 0.3) is 0 Å². The Morgan fingerprint density at radius 2 is 1.80 bits per heavy atom. The number of benzene rings is 2. The highest BCUT2D eigenvalue weighted by Crippen LogP contribution is 2.22. The van der Waals surface area contributed by atoms with Crippen LogP contribution in [-0.4, -0.2) is 43.7 Å². The van der Waals surface area contributed by atoms with E-state index >= 15 is 0 Å².